The quantitative estimate of drug-likeness (QED) is 0.655. The van der Waals surface area contributed by atoms with Crippen molar-refractivity contribution in [2.24, 2.45) is 0 Å². The average molecular weight is 380 g/mol. The van der Waals surface area contributed by atoms with Crippen LogP contribution < -0.4 is 5.32 Å². The van der Waals surface area contributed by atoms with Crippen LogP contribution >= 0.6 is 0 Å². The molecule has 2 aromatic heterocycles. The molecule has 8 heteroatoms. The summed E-state index contributed by atoms with van der Waals surface area (Å²) in [5.41, 5.74) is 2.78. The van der Waals surface area contributed by atoms with Crippen molar-refractivity contribution in [2.75, 3.05) is 13.6 Å². The minimum Gasteiger partial charge on any atom is -0.339 e. The fourth-order valence-electron chi connectivity index (χ4n) is 2.96. The second-order valence-electron chi connectivity index (χ2n) is 7.17. The molecule has 2 heterocycles. The highest BCUT2D eigenvalue weighted by atomic mass is 16.5. The lowest BCUT2D eigenvalue weighted by Gasteiger charge is -2.24. The minimum absolute atomic E-state index is 0.142. The third kappa shape index (κ3) is 4.05. The van der Waals surface area contributed by atoms with E-state index < -0.39 is 0 Å². The number of carbonyl (C=O) groups excluding carboxylic acids is 1. The van der Waals surface area contributed by atoms with Crippen LogP contribution in [0.3, 0.4) is 0 Å². The van der Waals surface area contributed by atoms with Crippen molar-refractivity contribution in [2.45, 2.75) is 38.1 Å². The average Bonchev–Trinajstić information content (AvgIpc) is 3.26. The van der Waals surface area contributed by atoms with Crippen molar-refractivity contribution < 1.29 is 9.32 Å². The maximum atomic E-state index is 12.5. The fraction of sp³-hybridized carbons (Fsp3) is 0.400. The highest BCUT2D eigenvalue weighted by Crippen LogP contribution is 2.38. The monoisotopic (exact) mass is 380 g/mol. The molecule has 0 radical (unpaired) electrons. The molecule has 1 unspecified atom stereocenters. The number of carbonyl (C=O) groups is 1. The molecule has 1 aliphatic carbocycles. The van der Waals surface area contributed by atoms with Gasteiger partial charge in [-0.05, 0) is 25.8 Å². The number of aromatic nitrogens is 4. The van der Waals surface area contributed by atoms with E-state index in [1.165, 1.54) is 0 Å². The molecule has 1 fully saturated rings. The number of urea groups is 1. The smallest absolute Gasteiger partial charge is 0.317 e. The molecule has 8 nitrogen and oxygen atoms in total. The van der Waals surface area contributed by atoms with Gasteiger partial charge in [-0.3, -0.25) is 5.10 Å². The molecule has 2 amide bonds. The molecule has 1 saturated carbocycles. The van der Waals surface area contributed by atoms with Gasteiger partial charge in [0.2, 0.25) is 5.89 Å². The van der Waals surface area contributed by atoms with Crippen molar-refractivity contribution in [3.05, 3.63) is 53.8 Å². The highest BCUT2D eigenvalue weighted by molar-refractivity contribution is 5.74. The van der Waals surface area contributed by atoms with Gasteiger partial charge in [-0.15, -0.1) is 0 Å². The topological polar surface area (TPSA) is 99.9 Å². The largest absolute Gasteiger partial charge is 0.339 e. The van der Waals surface area contributed by atoms with E-state index in [9.17, 15) is 4.79 Å². The number of nitrogens with zero attached hydrogens (tertiary/aromatic N) is 4. The second-order valence-corrected chi connectivity index (χ2v) is 7.17. The number of benzene rings is 1. The van der Waals surface area contributed by atoms with Crippen molar-refractivity contribution in [3.8, 4) is 11.3 Å². The van der Waals surface area contributed by atoms with E-state index >= 15 is 0 Å². The molecule has 1 aliphatic rings. The lowest BCUT2D eigenvalue weighted by molar-refractivity contribution is 0.193. The SMILES string of the molecule is CC(c1cc(-c2ccccc2)n[nH]1)N(C)C(=O)NCCc1noc(C2CC2)n1. The first-order valence-corrected chi connectivity index (χ1v) is 9.55. The van der Waals surface area contributed by atoms with Crippen LogP contribution in [0.25, 0.3) is 11.3 Å². The summed E-state index contributed by atoms with van der Waals surface area (Å²) in [5, 5.41) is 14.3. The molecular formula is C20H24N6O2. The Bertz CT molecular complexity index is 931. The van der Waals surface area contributed by atoms with Gasteiger partial charge in [0.25, 0.3) is 0 Å². The molecule has 0 aliphatic heterocycles. The Hall–Kier alpha value is -3.16. The maximum Gasteiger partial charge on any atom is 0.317 e. The number of aromatic amines is 1. The summed E-state index contributed by atoms with van der Waals surface area (Å²) in [5.74, 6) is 1.80. The Kier molecular flexibility index (Phi) is 5.10. The van der Waals surface area contributed by atoms with Crippen LogP contribution in [0.5, 0.6) is 0 Å². The van der Waals surface area contributed by atoms with E-state index in [1.54, 1.807) is 11.9 Å². The first kappa shape index (κ1) is 18.2. The van der Waals surface area contributed by atoms with Gasteiger partial charge in [-0.25, -0.2) is 4.79 Å². The van der Waals surface area contributed by atoms with Gasteiger partial charge >= 0.3 is 6.03 Å². The summed E-state index contributed by atoms with van der Waals surface area (Å²) in [6, 6.07) is 11.6. The zero-order valence-electron chi connectivity index (χ0n) is 16.1. The number of H-pyrrole nitrogens is 1. The van der Waals surface area contributed by atoms with Crippen LogP contribution in [0, 0.1) is 0 Å². The van der Waals surface area contributed by atoms with Gasteiger partial charge in [0, 0.05) is 31.5 Å². The third-order valence-corrected chi connectivity index (χ3v) is 5.05. The van der Waals surface area contributed by atoms with E-state index in [0.717, 1.165) is 35.7 Å². The van der Waals surface area contributed by atoms with Gasteiger partial charge in [0.15, 0.2) is 5.82 Å². The predicted molar refractivity (Wildman–Crippen MR) is 104 cm³/mol. The summed E-state index contributed by atoms with van der Waals surface area (Å²) in [6.07, 6.45) is 2.80. The van der Waals surface area contributed by atoms with Crippen LogP contribution in [-0.2, 0) is 6.42 Å². The van der Waals surface area contributed by atoms with Crippen molar-refractivity contribution in [3.63, 3.8) is 0 Å². The number of hydrogen-bond donors (Lipinski definition) is 2. The normalized spacial score (nSPS) is 14.6. The zero-order valence-corrected chi connectivity index (χ0v) is 16.1. The number of amides is 2. The van der Waals surface area contributed by atoms with Crippen molar-refractivity contribution in [1.29, 1.82) is 0 Å². The standard InChI is InChI=1S/C20H24N6O2/c1-13(16-12-17(24-23-16)14-6-4-3-5-7-14)26(2)20(27)21-11-10-18-22-19(28-25-18)15-8-9-15/h3-7,12-13,15H,8-11H2,1-2H3,(H,21,27)(H,23,24). The highest BCUT2D eigenvalue weighted by Gasteiger charge is 2.29. The molecule has 0 spiro atoms. The Morgan fingerprint density at radius 2 is 2.14 bits per heavy atom. The van der Waals surface area contributed by atoms with Gasteiger partial charge in [-0.2, -0.15) is 10.1 Å². The van der Waals surface area contributed by atoms with Crippen LogP contribution in [-0.4, -0.2) is 44.9 Å². The van der Waals surface area contributed by atoms with Gasteiger partial charge in [0.05, 0.1) is 17.4 Å². The first-order valence-electron chi connectivity index (χ1n) is 9.55. The molecule has 146 valence electrons. The van der Waals surface area contributed by atoms with Crippen molar-refractivity contribution in [1.82, 2.24) is 30.6 Å². The summed E-state index contributed by atoms with van der Waals surface area (Å²) >= 11 is 0. The van der Waals surface area contributed by atoms with Crippen molar-refractivity contribution >= 4 is 6.03 Å². The Morgan fingerprint density at radius 1 is 1.36 bits per heavy atom. The fourth-order valence-corrected chi connectivity index (χ4v) is 2.96. The number of rotatable bonds is 7. The number of nitrogens with one attached hydrogen (secondary N) is 2. The zero-order chi connectivity index (χ0) is 19.5. The summed E-state index contributed by atoms with van der Waals surface area (Å²) in [6.45, 7) is 2.42. The van der Waals surface area contributed by atoms with Crippen LogP contribution in [0.2, 0.25) is 0 Å². The molecule has 4 rings (SSSR count). The van der Waals surface area contributed by atoms with Gasteiger partial charge in [-0.1, -0.05) is 35.5 Å². The Labute approximate surface area is 163 Å². The molecule has 1 atom stereocenters. The molecule has 28 heavy (non-hydrogen) atoms. The molecule has 0 bridgehead atoms. The first-order chi connectivity index (χ1) is 13.6. The lowest BCUT2D eigenvalue weighted by atomic mass is 10.1. The third-order valence-electron chi connectivity index (χ3n) is 5.05. The summed E-state index contributed by atoms with van der Waals surface area (Å²) in [4.78, 5) is 18.5. The Balaban J connectivity index is 1.29. The Morgan fingerprint density at radius 3 is 2.89 bits per heavy atom. The van der Waals surface area contributed by atoms with Gasteiger partial charge in [0.1, 0.15) is 0 Å². The molecule has 1 aromatic carbocycles. The van der Waals surface area contributed by atoms with E-state index in [0.29, 0.717) is 24.7 Å². The maximum absolute atomic E-state index is 12.5. The second kappa shape index (κ2) is 7.84. The van der Waals surface area contributed by atoms with Gasteiger partial charge < -0.3 is 14.7 Å². The molecular weight excluding hydrogens is 356 g/mol. The van der Waals surface area contributed by atoms with E-state index in [-0.39, 0.29) is 12.1 Å². The van der Waals surface area contributed by atoms with E-state index in [4.69, 9.17) is 4.52 Å². The predicted octanol–water partition coefficient (Wildman–Crippen LogP) is 3.28. The van der Waals surface area contributed by atoms with Crippen LogP contribution in [0.4, 0.5) is 4.79 Å². The van der Waals surface area contributed by atoms with E-state index in [1.807, 2.05) is 43.3 Å². The summed E-state index contributed by atoms with van der Waals surface area (Å²) < 4.78 is 5.23. The minimum atomic E-state index is -0.158. The lowest BCUT2D eigenvalue weighted by Crippen LogP contribution is -2.39. The molecule has 3 aromatic rings. The molecule has 2 N–H and O–H groups in total. The molecule has 0 saturated heterocycles. The van der Waals surface area contributed by atoms with Crippen LogP contribution in [0.15, 0.2) is 40.9 Å². The van der Waals surface area contributed by atoms with Crippen LogP contribution in [0.1, 0.15) is 49.1 Å². The summed E-state index contributed by atoms with van der Waals surface area (Å²) in [7, 11) is 1.77. The van der Waals surface area contributed by atoms with E-state index in [2.05, 4.69) is 25.7 Å². The number of hydrogen-bond acceptors (Lipinski definition) is 5.